The first-order valence-corrected chi connectivity index (χ1v) is 7.07. The Morgan fingerprint density at radius 2 is 1.87 bits per heavy atom. The van der Waals surface area contributed by atoms with Gasteiger partial charge in [0.05, 0.1) is 7.11 Å². The number of methoxy groups -OCH3 is 1. The first-order chi connectivity index (χ1) is 11.2. The van der Waals surface area contributed by atoms with Gasteiger partial charge in [-0.3, -0.25) is 4.79 Å². The molecule has 0 spiro atoms. The van der Waals surface area contributed by atoms with Crippen molar-refractivity contribution in [2.24, 2.45) is 0 Å². The molecule has 0 fully saturated rings. The maximum atomic E-state index is 12.2. The maximum Gasteiger partial charge on any atom is 0.347 e. The molecule has 0 N–H and O–H groups in total. The van der Waals surface area contributed by atoms with Gasteiger partial charge in [-0.05, 0) is 29.8 Å². The van der Waals surface area contributed by atoms with E-state index in [4.69, 9.17) is 9.15 Å². The molecule has 2 aromatic carbocycles. The zero-order valence-electron chi connectivity index (χ0n) is 12.5. The molecular weight excluding hydrogens is 292 g/mol. The average Bonchev–Trinajstić information content (AvgIpc) is 2.59. The van der Waals surface area contributed by atoms with Crippen molar-refractivity contribution >= 4 is 22.8 Å². The molecular formula is C19H14O4. The Hall–Kier alpha value is -3.14. The number of hydrogen-bond donors (Lipinski definition) is 0. The summed E-state index contributed by atoms with van der Waals surface area (Å²) >= 11 is 0. The summed E-state index contributed by atoms with van der Waals surface area (Å²) in [4.78, 5) is 24.3. The lowest BCUT2D eigenvalue weighted by atomic mass is 10.1. The lowest BCUT2D eigenvalue weighted by Gasteiger charge is -2.02. The molecule has 114 valence electrons. The smallest absolute Gasteiger partial charge is 0.347 e. The second-order valence-electron chi connectivity index (χ2n) is 4.96. The van der Waals surface area contributed by atoms with Gasteiger partial charge in [0.15, 0.2) is 5.78 Å². The standard InChI is InChI=1S/C19H14O4/c1-22-15-9-8-14-11-16(19(21)23-18(14)12-15)17(20)10-7-13-5-3-2-4-6-13/h2-12H,1H3/b10-7+. The summed E-state index contributed by atoms with van der Waals surface area (Å²) in [5, 5.41) is 0.668. The van der Waals surface area contributed by atoms with Crippen LogP contribution >= 0.6 is 0 Å². The third kappa shape index (κ3) is 3.21. The first kappa shape index (κ1) is 14.8. The predicted molar refractivity (Wildman–Crippen MR) is 88.8 cm³/mol. The molecule has 0 atom stereocenters. The van der Waals surface area contributed by atoms with E-state index in [0.29, 0.717) is 16.7 Å². The Morgan fingerprint density at radius 1 is 1.09 bits per heavy atom. The minimum Gasteiger partial charge on any atom is -0.497 e. The molecule has 1 heterocycles. The summed E-state index contributed by atoms with van der Waals surface area (Å²) in [7, 11) is 1.53. The van der Waals surface area contributed by atoms with Gasteiger partial charge >= 0.3 is 5.63 Å². The molecule has 0 aliphatic carbocycles. The second-order valence-corrected chi connectivity index (χ2v) is 4.96. The average molecular weight is 306 g/mol. The van der Waals surface area contributed by atoms with Crippen LogP contribution in [0, 0.1) is 0 Å². The number of rotatable bonds is 4. The Kier molecular flexibility index (Phi) is 4.06. The van der Waals surface area contributed by atoms with Gasteiger partial charge in [-0.25, -0.2) is 4.79 Å². The zero-order chi connectivity index (χ0) is 16.2. The monoisotopic (exact) mass is 306 g/mol. The maximum absolute atomic E-state index is 12.2. The lowest BCUT2D eigenvalue weighted by molar-refractivity contribution is 0.104. The van der Waals surface area contributed by atoms with Crippen LogP contribution in [0.2, 0.25) is 0 Å². The fourth-order valence-corrected chi connectivity index (χ4v) is 2.22. The van der Waals surface area contributed by atoms with E-state index in [1.807, 2.05) is 30.3 Å². The minimum absolute atomic E-state index is 0.00912. The van der Waals surface area contributed by atoms with Crippen molar-refractivity contribution in [3.8, 4) is 5.75 Å². The second kappa shape index (κ2) is 6.32. The summed E-state index contributed by atoms with van der Waals surface area (Å²) in [5.74, 6) is 0.198. The number of carbonyl (C=O) groups is 1. The molecule has 4 nitrogen and oxygen atoms in total. The Labute approximate surface area is 132 Å². The van der Waals surface area contributed by atoms with Crippen molar-refractivity contribution < 1.29 is 13.9 Å². The van der Waals surface area contributed by atoms with Gasteiger partial charge in [0.25, 0.3) is 0 Å². The molecule has 0 amide bonds. The molecule has 0 saturated carbocycles. The summed E-state index contributed by atoms with van der Waals surface area (Å²) in [5.41, 5.74) is 0.622. The van der Waals surface area contributed by atoms with Gasteiger partial charge in [0.1, 0.15) is 16.9 Å². The minimum atomic E-state index is -0.659. The van der Waals surface area contributed by atoms with Crippen molar-refractivity contribution in [3.63, 3.8) is 0 Å². The highest BCUT2D eigenvalue weighted by atomic mass is 16.5. The van der Waals surface area contributed by atoms with Gasteiger partial charge in [0.2, 0.25) is 0 Å². The number of fused-ring (bicyclic) bond motifs is 1. The Morgan fingerprint density at radius 3 is 2.61 bits per heavy atom. The van der Waals surface area contributed by atoms with Crippen molar-refractivity contribution in [2.45, 2.75) is 0 Å². The number of ketones is 1. The highest BCUT2D eigenvalue weighted by Gasteiger charge is 2.11. The molecule has 3 aromatic rings. The molecule has 0 bridgehead atoms. The van der Waals surface area contributed by atoms with Gasteiger partial charge < -0.3 is 9.15 Å². The van der Waals surface area contributed by atoms with Crippen LogP contribution < -0.4 is 10.4 Å². The summed E-state index contributed by atoms with van der Waals surface area (Å²) in [6.07, 6.45) is 3.04. The Bertz CT molecular complexity index is 936. The largest absolute Gasteiger partial charge is 0.497 e. The topological polar surface area (TPSA) is 56.5 Å². The molecule has 0 aliphatic rings. The van der Waals surface area contributed by atoms with E-state index in [-0.39, 0.29) is 11.3 Å². The van der Waals surface area contributed by atoms with E-state index in [0.717, 1.165) is 5.56 Å². The molecule has 4 heteroatoms. The van der Waals surface area contributed by atoms with Gasteiger partial charge in [-0.15, -0.1) is 0 Å². The number of carbonyl (C=O) groups excluding carboxylic acids is 1. The fourth-order valence-electron chi connectivity index (χ4n) is 2.22. The van der Waals surface area contributed by atoms with Crippen LogP contribution in [0.3, 0.4) is 0 Å². The quantitative estimate of drug-likeness (QED) is 0.419. The predicted octanol–water partition coefficient (Wildman–Crippen LogP) is 3.70. The van der Waals surface area contributed by atoms with Crippen molar-refractivity contribution in [3.05, 3.63) is 82.2 Å². The van der Waals surface area contributed by atoms with E-state index in [9.17, 15) is 9.59 Å². The van der Waals surface area contributed by atoms with E-state index < -0.39 is 5.63 Å². The molecule has 0 unspecified atom stereocenters. The van der Waals surface area contributed by atoms with Crippen LogP contribution in [0.1, 0.15) is 15.9 Å². The highest BCUT2D eigenvalue weighted by Crippen LogP contribution is 2.20. The number of benzene rings is 2. The van der Waals surface area contributed by atoms with E-state index in [1.54, 1.807) is 24.3 Å². The van der Waals surface area contributed by atoms with Crippen LogP contribution in [-0.2, 0) is 0 Å². The number of allylic oxidation sites excluding steroid dienone is 1. The van der Waals surface area contributed by atoms with Crippen LogP contribution in [0.4, 0.5) is 0 Å². The molecule has 3 rings (SSSR count). The normalized spacial score (nSPS) is 11.0. The highest BCUT2D eigenvalue weighted by molar-refractivity contribution is 6.07. The van der Waals surface area contributed by atoms with E-state index in [2.05, 4.69) is 0 Å². The lowest BCUT2D eigenvalue weighted by Crippen LogP contribution is -2.11. The molecule has 0 aliphatic heterocycles. The fraction of sp³-hybridized carbons (Fsp3) is 0.0526. The van der Waals surface area contributed by atoms with Crippen LogP contribution in [0.5, 0.6) is 5.75 Å². The van der Waals surface area contributed by atoms with Crippen molar-refractivity contribution in [1.29, 1.82) is 0 Å². The molecule has 1 aromatic heterocycles. The van der Waals surface area contributed by atoms with E-state index >= 15 is 0 Å². The third-order valence-electron chi connectivity index (χ3n) is 3.44. The Balaban J connectivity index is 1.96. The molecule has 0 radical (unpaired) electrons. The van der Waals surface area contributed by atoms with Crippen molar-refractivity contribution in [1.82, 2.24) is 0 Å². The van der Waals surface area contributed by atoms with E-state index in [1.165, 1.54) is 19.3 Å². The van der Waals surface area contributed by atoms with Gasteiger partial charge in [-0.1, -0.05) is 36.4 Å². The SMILES string of the molecule is COc1ccc2cc(C(=O)/C=C/c3ccccc3)c(=O)oc2c1. The van der Waals surface area contributed by atoms with Crippen LogP contribution in [-0.4, -0.2) is 12.9 Å². The summed E-state index contributed by atoms with van der Waals surface area (Å²) < 4.78 is 10.3. The van der Waals surface area contributed by atoms with Crippen LogP contribution in [0.15, 0.2) is 69.9 Å². The summed E-state index contributed by atoms with van der Waals surface area (Å²) in [6.45, 7) is 0. The number of hydrogen-bond acceptors (Lipinski definition) is 4. The van der Waals surface area contributed by atoms with Gasteiger partial charge in [-0.2, -0.15) is 0 Å². The first-order valence-electron chi connectivity index (χ1n) is 7.07. The third-order valence-corrected chi connectivity index (χ3v) is 3.44. The molecule has 0 saturated heterocycles. The van der Waals surface area contributed by atoms with Gasteiger partial charge in [0, 0.05) is 11.5 Å². The number of ether oxygens (including phenoxy) is 1. The zero-order valence-corrected chi connectivity index (χ0v) is 12.5. The van der Waals surface area contributed by atoms with Crippen LogP contribution in [0.25, 0.3) is 17.0 Å². The summed E-state index contributed by atoms with van der Waals surface area (Å²) in [6, 6.07) is 16.0. The molecule has 23 heavy (non-hydrogen) atoms. The van der Waals surface area contributed by atoms with Crippen molar-refractivity contribution in [2.75, 3.05) is 7.11 Å².